The molecule has 7 heteroatoms. The van der Waals surface area contributed by atoms with Crippen molar-refractivity contribution >= 4 is 43.3 Å². The Labute approximate surface area is 137 Å². The van der Waals surface area contributed by atoms with Crippen LogP contribution in [0.5, 0.6) is 0 Å². The summed E-state index contributed by atoms with van der Waals surface area (Å²) in [7, 11) is 0. The molecule has 2 aromatic rings. The molecule has 0 saturated heterocycles. The minimum atomic E-state index is -0.496. The van der Waals surface area contributed by atoms with Gasteiger partial charge < -0.3 is 0 Å². The normalized spacial score (nSPS) is 13.4. The zero-order valence-corrected chi connectivity index (χ0v) is 13.8. The predicted molar refractivity (Wildman–Crippen MR) is 86.0 cm³/mol. The van der Waals surface area contributed by atoms with Crippen LogP contribution in [0.15, 0.2) is 48.8 Å². The first-order chi connectivity index (χ1) is 10.0. The van der Waals surface area contributed by atoms with Gasteiger partial charge >= 0.3 is 0 Å². The minimum absolute atomic E-state index is 0.0396. The molecule has 0 spiro atoms. The van der Waals surface area contributed by atoms with Gasteiger partial charge in [-0.25, -0.2) is 0 Å². The highest BCUT2D eigenvalue weighted by molar-refractivity contribution is 9.12. The molecule has 1 aromatic carbocycles. The number of pyridine rings is 1. The number of halogens is 2. The summed E-state index contributed by atoms with van der Waals surface area (Å²) in [6, 6.07) is 9.20. The minimum Gasteiger partial charge on any atom is -0.293 e. The highest BCUT2D eigenvalue weighted by Crippen LogP contribution is 2.33. The van der Waals surface area contributed by atoms with Gasteiger partial charge in [0, 0.05) is 30.1 Å². The van der Waals surface area contributed by atoms with Gasteiger partial charge in [-0.05, 0) is 29.8 Å². The van der Waals surface area contributed by atoms with Crippen molar-refractivity contribution in [3.05, 3.63) is 70.0 Å². The second kappa shape index (κ2) is 6.91. The van der Waals surface area contributed by atoms with Gasteiger partial charge in [0.25, 0.3) is 5.69 Å². The van der Waals surface area contributed by atoms with Crippen LogP contribution in [0.3, 0.4) is 0 Å². The predicted octanol–water partition coefficient (Wildman–Crippen LogP) is 4.07. The number of hydrogen-bond donors (Lipinski definition) is 0. The third kappa shape index (κ3) is 3.74. The number of Topliss-reactive ketones (excluding diaryl/α,β-unsaturated/α-hetero) is 1. The quantitative estimate of drug-likeness (QED) is 0.320. The molecule has 0 amide bonds. The summed E-state index contributed by atoms with van der Waals surface area (Å²) in [6.07, 6.45) is 3.30. The van der Waals surface area contributed by atoms with E-state index < -0.39 is 9.75 Å². The molecule has 1 heterocycles. The highest BCUT2D eigenvalue weighted by Gasteiger charge is 2.26. The van der Waals surface area contributed by atoms with Crippen molar-refractivity contribution in [2.75, 3.05) is 0 Å². The van der Waals surface area contributed by atoms with E-state index in [0.29, 0.717) is 5.56 Å². The molecule has 2 atom stereocenters. The van der Waals surface area contributed by atoms with Crippen LogP contribution in [0, 0.1) is 10.1 Å². The molecule has 0 radical (unpaired) electrons. The molecule has 5 nitrogen and oxygen atoms in total. The van der Waals surface area contributed by atoms with Crippen LogP contribution in [-0.4, -0.2) is 20.5 Å². The van der Waals surface area contributed by atoms with Gasteiger partial charge in [0.2, 0.25) is 0 Å². The molecule has 0 saturated carbocycles. The monoisotopic (exact) mass is 412 g/mol. The Bertz CT molecular complexity index is 647. The van der Waals surface area contributed by atoms with Crippen molar-refractivity contribution in [1.29, 1.82) is 0 Å². The molecular formula is C14H10Br2N2O3. The van der Waals surface area contributed by atoms with Crippen molar-refractivity contribution < 1.29 is 9.72 Å². The topological polar surface area (TPSA) is 73.1 Å². The number of ketones is 1. The first-order valence-electron chi connectivity index (χ1n) is 5.97. The molecule has 0 aliphatic rings. The van der Waals surface area contributed by atoms with Gasteiger partial charge in [-0.1, -0.05) is 31.9 Å². The molecular weight excluding hydrogens is 404 g/mol. The number of nitro groups is 1. The Hall–Kier alpha value is -1.60. The van der Waals surface area contributed by atoms with Gasteiger partial charge in [0.1, 0.15) is 0 Å². The Balaban J connectivity index is 2.17. The van der Waals surface area contributed by atoms with E-state index in [9.17, 15) is 14.9 Å². The molecule has 0 fully saturated rings. The summed E-state index contributed by atoms with van der Waals surface area (Å²) in [6.45, 7) is 0. The molecule has 2 rings (SSSR count). The molecule has 0 aliphatic heterocycles. The molecule has 1 aromatic heterocycles. The lowest BCUT2D eigenvalue weighted by atomic mass is 10.0. The number of hydrogen-bond acceptors (Lipinski definition) is 4. The third-order valence-electron chi connectivity index (χ3n) is 2.89. The summed E-state index contributed by atoms with van der Waals surface area (Å²) in [5, 5.41) is 10.6. The van der Waals surface area contributed by atoms with Crippen LogP contribution in [0.2, 0.25) is 0 Å². The Morgan fingerprint density at radius 3 is 2.19 bits per heavy atom. The second-order valence-corrected chi connectivity index (χ2v) is 6.23. The lowest BCUT2D eigenvalue weighted by Gasteiger charge is -2.16. The fraction of sp³-hybridized carbons (Fsp3) is 0.143. The number of benzene rings is 1. The fourth-order valence-electron chi connectivity index (χ4n) is 1.76. The average molecular weight is 414 g/mol. The number of carbonyl (C=O) groups excluding carboxylic acids is 1. The largest absolute Gasteiger partial charge is 0.293 e. The van der Waals surface area contributed by atoms with Crippen LogP contribution in [0.25, 0.3) is 0 Å². The first kappa shape index (κ1) is 15.8. The van der Waals surface area contributed by atoms with Crippen LogP contribution in [0.4, 0.5) is 5.69 Å². The maximum Gasteiger partial charge on any atom is 0.269 e. The smallest absolute Gasteiger partial charge is 0.269 e. The standard InChI is InChI=1S/C14H10Br2N2O3/c15-12(9-5-7-17-8-6-9)13(16)14(19)10-1-3-11(4-2-10)18(20)21/h1-8,12-13H. The number of nitro benzene ring substituents is 1. The van der Waals surface area contributed by atoms with Gasteiger partial charge in [-0.2, -0.15) is 0 Å². The van der Waals surface area contributed by atoms with Gasteiger partial charge in [-0.3, -0.25) is 19.9 Å². The van der Waals surface area contributed by atoms with Gasteiger partial charge in [-0.15, -0.1) is 0 Å². The van der Waals surface area contributed by atoms with Crippen LogP contribution < -0.4 is 0 Å². The number of non-ortho nitro benzene ring substituents is 1. The summed E-state index contributed by atoms with van der Waals surface area (Å²) >= 11 is 6.86. The maximum absolute atomic E-state index is 12.4. The van der Waals surface area contributed by atoms with E-state index in [-0.39, 0.29) is 16.3 Å². The molecule has 0 N–H and O–H groups in total. The van der Waals surface area contributed by atoms with Crippen LogP contribution >= 0.6 is 31.9 Å². The van der Waals surface area contributed by atoms with E-state index in [0.717, 1.165) is 5.56 Å². The van der Waals surface area contributed by atoms with Crippen molar-refractivity contribution in [3.63, 3.8) is 0 Å². The lowest BCUT2D eigenvalue weighted by Crippen LogP contribution is -2.19. The number of nitrogens with zero attached hydrogens (tertiary/aromatic N) is 2. The summed E-state index contributed by atoms with van der Waals surface area (Å²) in [5.74, 6) is -0.149. The Morgan fingerprint density at radius 1 is 1.10 bits per heavy atom. The van der Waals surface area contributed by atoms with E-state index in [1.165, 1.54) is 24.3 Å². The van der Waals surface area contributed by atoms with Crippen molar-refractivity contribution in [2.24, 2.45) is 0 Å². The van der Waals surface area contributed by atoms with E-state index in [2.05, 4.69) is 36.8 Å². The van der Waals surface area contributed by atoms with Crippen LogP contribution in [0.1, 0.15) is 20.7 Å². The molecule has 0 aliphatic carbocycles. The van der Waals surface area contributed by atoms with Gasteiger partial charge in [0.15, 0.2) is 5.78 Å². The maximum atomic E-state index is 12.4. The Kier molecular flexibility index (Phi) is 5.19. The molecule has 0 bridgehead atoms. The number of carbonyl (C=O) groups is 1. The number of alkyl halides is 2. The summed E-state index contributed by atoms with van der Waals surface area (Å²) in [5.41, 5.74) is 1.30. The fourth-order valence-corrected chi connectivity index (χ4v) is 2.87. The SMILES string of the molecule is O=C(c1ccc([N+](=O)[O-])cc1)C(Br)C(Br)c1ccncc1. The second-order valence-electron chi connectivity index (χ2n) is 4.25. The summed E-state index contributed by atoms with van der Waals surface area (Å²) in [4.78, 5) is 25.7. The molecule has 2 unspecified atom stereocenters. The van der Waals surface area contributed by atoms with Crippen LogP contribution in [-0.2, 0) is 0 Å². The third-order valence-corrected chi connectivity index (χ3v) is 5.61. The van der Waals surface area contributed by atoms with Crippen molar-refractivity contribution in [2.45, 2.75) is 9.65 Å². The van der Waals surface area contributed by atoms with Gasteiger partial charge in [0.05, 0.1) is 14.6 Å². The van der Waals surface area contributed by atoms with E-state index in [1.54, 1.807) is 12.4 Å². The number of rotatable bonds is 5. The Morgan fingerprint density at radius 2 is 1.67 bits per heavy atom. The van der Waals surface area contributed by atoms with E-state index in [4.69, 9.17) is 0 Å². The van der Waals surface area contributed by atoms with Crippen molar-refractivity contribution in [3.8, 4) is 0 Å². The van der Waals surface area contributed by atoms with E-state index >= 15 is 0 Å². The zero-order valence-electron chi connectivity index (χ0n) is 10.6. The summed E-state index contributed by atoms with van der Waals surface area (Å²) < 4.78 is 0. The molecule has 108 valence electrons. The lowest BCUT2D eigenvalue weighted by molar-refractivity contribution is -0.384. The average Bonchev–Trinajstić information content (AvgIpc) is 2.53. The van der Waals surface area contributed by atoms with Crippen molar-refractivity contribution in [1.82, 2.24) is 4.98 Å². The highest BCUT2D eigenvalue weighted by atomic mass is 79.9. The first-order valence-corrected chi connectivity index (χ1v) is 7.80. The molecule has 21 heavy (non-hydrogen) atoms. The number of aromatic nitrogens is 1. The van der Waals surface area contributed by atoms with E-state index in [1.807, 2.05) is 12.1 Å². The zero-order chi connectivity index (χ0) is 15.4.